The van der Waals surface area contributed by atoms with Crippen LogP contribution in [-0.2, 0) is 49.2 Å². The molecule has 3 aromatic heterocycles. The number of nitrogens with zero attached hydrogens (tertiary/aromatic N) is 5. The van der Waals surface area contributed by atoms with E-state index in [9.17, 15) is 4.79 Å². The molecule has 4 aromatic rings. The highest BCUT2D eigenvalue weighted by Crippen LogP contribution is 2.32. The van der Waals surface area contributed by atoms with Gasteiger partial charge >= 0.3 is 0 Å². The second-order valence-electron chi connectivity index (χ2n) is 12.1. The number of ether oxygens (including phenoxy) is 8. The number of carbonyl (C=O) groups excluding carboxylic acids is 1. The van der Waals surface area contributed by atoms with Crippen molar-refractivity contribution in [1.82, 2.24) is 24.7 Å². The van der Waals surface area contributed by atoms with Crippen LogP contribution in [0.15, 0.2) is 28.9 Å². The molecule has 0 aliphatic heterocycles. The van der Waals surface area contributed by atoms with Crippen molar-refractivity contribution in [2.75, 3.05) is 124 Å². The van der Waals surface area contributed by atoms with Crippen molar-refractivity contribution < 1.29 is 47.1 Å². The zero-order valence-electron chi connectivity index (χ0n) is 31.1. The van der Waals surface area contributed by atoms with Crippen LogP contribution < -0.4 is 17.2 Å². The Labute approximate surface area is 315 Å². The van der Waals surface area contributed by atoms with E-state index >= 15 is 0 Å². The van der Waals surface area contributed by atoms with Gasteiger partial charge in [-0.15, -0.1) is 0 Å². The summed E-state index contributed by atoms with van der Waals surface area (Å²) >= 11 is 0. The van der Waals surface area contributed by atoms with E-state index in [0.717, 1.165) is 24.8 Å². The molecule has 6 N–H and O–H groups in total. The number of aryl methyl sites for hydroxylation is 1. The molecule has 0 bridgehead atoms. The maximum absolute atomic E-state index is 12.3. The molecule has 4 rings (SSSR count). The Bertz CT molecular complexity index is 1620. The lowest BCUT2D eigenvalue weighted by molar-refractivity contribution is -0.120. The van der Waals surface area contributed by atoms with Gasteiger partial charge in [-0.05, 0) is 31.0 Å². The van der Waals surface area contributed by atoms with Crippen LogP contribution in [0.1, 0.15) is 32.1 Å². The lowest BCUT2D eigenvalue weighted by Crippen LogP contribution is -2.15. The van der Waals surface area contributed by atoms with E-state index < -0.39 is 0 Å². The lowest BCUT2D eigenvalue weighted by atomic mass is 10.1. The Balaban J connectivity index is 0.917. The molecule has 1 aromatic carbocycles. The van der Waals surface area contributed by atoms with Crippen LogP contribution in [-0.4, -0.2) is 143 Å². The number of anilines is 2. The second kappa shape index (κ2) is 26.0. The molecule has 0 aliphatic rings. The number of fused-ring (bicyclic) bond motifs is 2. The number of nitrogens with two attached hydrogens (primary N) is 3. The van der Waals surface area contributed by atoms with Gasteiger partial charge in [-0.25, -0.2) is 14.6 Å². The van der Waals surface area contributed by atoms with Crippen molar-refractivity contribution in [3.05, 3.63) is 24.5 Å². The predicted molar refractivity (Wildman–Crippen MR) is 201 cm³/mol. The minimum absolute atomic E-state index is 0.103. The van der Waals surface area contributed by atoms with Gasteiger partial charge in [-0.1, -0.05) is 6.42 Å². The molecule has 18 nitrogen and oxygen atoms in total. The molecule has 0 saturated heterocycles. The molecule has 300 valence electrons. The number of benzene rings is 1. The summed E-state index contributed by atoms with van der Waals surface area (Å²) in [6.07, 6.45) is 4.81. The maximum Gasteiger partial charge on any atom is 0.292 e. The highest BCUT2D eigenvalue weighted by Gasteiger charge is 2.18. The zero-order chi connectivity index (χ0) is 38.1. The quantitative estimate of drug-likeness (QED) is 0.0591. The van der Waals surface area contributed by atoms with Gasteiger partial charge in [0.25, 0.3) is 6.01 Å². The molecule has 0 fully saturated rings. The number of oxazole rings is 1. The van der Waals surface area contributed by atoms with Crippen molar-refractivity contribution >= 4 is 39.7 Å². The summed E-state index contributed by atoms with van der Waals surface area (Å²) in [7, 11) is 0. The summed E-state index contributed by atoms with van der Waals surface area (Å²) in [6.45, 7) is 8.93. The first-order valence-corrected chi connectivity index (χ1v) is 18.5. The molecule has 0 aliphatic carbocycles. The molecular formula is C36H56N8O10. The van der Waals surface area contributed by atoms with E-state index in [-0.39, 0.29) is 11.8 Å². The van der Waals surface area contributed by atoms with Crippen molar-refractivity contribution in [2.24, 2.45) is 5.73 Å². The van der Waals surface area contributed by atoms with Gasteiger partial charge in [-0.2, -0.15) is 10.1 Å². The molecule has 3 heterocycles. The Kier molecular flexibility index (Phi) is 20.7. The Morgan fingerprint density at radius 3 is 1.80 bits per heavy atom. The standard InChI is InChI=1S/C36H56N8O10/c37-8-11-47-13-15-49-17-19-51-21-23-53-25-24-52-22-20-50-18-16-48-14-12-46-10-7-29(45)4-2-1-3-9-44-35-32(34(38)40-27-41-35)33(43-44)28-5-6-31-30(26-28)42-36(39)54-31/h5-6,26-27H,1-4,7-25,37H2,(H2,39,42)(H2,38,40,41). The van der Waals surface area contributed by atoms with Crippen molar-refractivity contribution in [3.63, 3.8) is 0 Å². The van der Waals surface area contributed by atoms with E-state index in [2.05, 4.69) is 15.0 Å². The monoisotopic (exact) mass is 760 g/mol. The van der Waals surface area contributed by atoms with Crippen LogP contribution >= 0.6 is 0 Å². The SMILES string of the molecule is NCCOCCOCCOCCOCCOCCOCCOCCOCCC(=O)CCCCCn1nc(-c2ccc3oc(N)nc3c2)c2c(N)ncnc21. The fraction of sp³-hybridized carbons (Fsp3) is 0.639. The van der Waals surface area contributed by atoms with E-state index in [1.54, 1.807) is 6.07 Å². The second-order valence-corrected chi connectivity index (χ2v) is 12.1. The molecule has 0 radical (unpaired) electrons. The third-order valence-electron chi connectivity index (χ3n) is 7.95. The normalized spacial score (nSPS) is 11.7. The molecule has 0 atom stereocenters. The van der Waals surface area contributed by atoms with Gasteiger partial charge in [0.05, 0.1) is 111 Å². The highest BCUT2D eigenvalue weighted by molar-refractivity contribution is 5.99. The number of nitrogen functional groups attached to an aromatic ring is 2. The average molecular weight is 761 g/mol. The molecule has 0 spiro atoms. The number of unbranched alkanes of at least 4 members (excludes halogenated alkanes) is 2. The van der Waals surface area contributed by atoms with Gasteiger partial charge in [0.1, 0.15) is 29.1 Å². The molecule has 54 heavy (non-hydrogen) atoms. The first-order valence-electron chi connectivity index (χ1n) is 18.5. The summed E-state index contributed by atoms with van der Waals surface area (Å²) in [5.41, 5.74) is 20.6. The first kappa shape index (κ1) is 42.9. The summed E-state index contributed by atoms with van der Waals surface area (Å²) in [4.78, 5) is 25.2. The van der Waals surface area contributed by atoms with Crippen LogP contribution in [0, 0.1) is 0 Å². The smallest absolute Gasteiger partial charge is 0.292 e. The van der Waals surface area contributed by atoms with Crippen molar-refractivity contribution in [2.45, 2.75) is 38.6 Å². The summed E-state index contributed by atoms with van der Waals surface area (Å²) in [5, 5.41) is 5.50. The number of rotatable bonds is 33. The minimum Gasteiger partial charge on any atom is -0.424 e. The maximum atomic E-state index is 12.3. The van der Waals surface area contributed by atoms with Crippen LogP contribution in [0.4, 0.5) is 11.8 Å². The molecule has 18 heteroatoms. The average Bonchev–Trinajstić information content (AvgIpc) is 3.74. The van der Waals surface area contributed by atoms with E-state index in [1.807, 2.05) is 16.8 Å². The van der Waals surface area contributed by atoms with Crippen LogP contribution in [0.5, 0.6) is 0 Å². The van der Waals surface area contributed by atoms with Crippen molar-refractivity contribution in [1.29, 1.82) is 0 Å². The molecule has 0 amide bonds. The zero-order valence-corrected chi connectivity index (χ0v) is 31.1. The molecule has 0 unspecified atom stereocenters. The summed E-state index contributed by atoms with van der Waals surface area (Å²) < 4.78 is 50.8. The topological polar surface area (TPSA) is 239 Å². The van der Waals surface area contributed by atoms with Gasteiger partial charge in [0.2, 0.25) is 0 Å². The van der Waals surface area contributed by atoms with Gasteiger partial charge in [-0.3, -0.25) is 4.79 Å². The largest absolute Gasteiger partial charge is 0.424 e. The highest BCUT2D eigenvalue weighted by atomic mass is 16.6. The number of ketones is 1. The predicted octanol–water partition coefficient (Wildman–Crippen LogP) is 2.41. The van der Waals surface area contributed by atoms with Crippen molar-refractivity contribution in [3.8, 4) is 11.3 Å². The van der Waals surface area contributed by atoms with Crippen LogP contribution in [0.25, 0.3) is 33.4 Å². The summed E-state index contributed by atoms with van der Waals surface area (Å²) in [6, 6.07) is 5.64. The fourth-order valence-corrected chi connectivity index (χ4v) is 5.28. The Morgan fingerprint density at radius 2 is 1.22 bits per heavy atom. The van der Waals surface area contributed by atoms with Crippen LogP contribution in [0.2, 0.25) is 0 Å². The Morgan fingerprint density at radius 1 is 0.667 bits per heavy atom. The molecule has 0 saturated carbocycles. The third-order valence-corrected chi connectivity index (χ3v) is 7.95. The minimum atomic E-state index is 0.103. The van der Waals surface area contributed by atoms with E-state index in [0.29, 0.717) is 165 Å². The number of Topliss-reactive ketones (excluding diaryl/α,β-unsaturated/α-hetero) is 1. The van der Waals surface area contributed by atoms with Crippen LogP contribution in [0.3, 0.4) is 0 Å². The summed E-state index contributed by atoms with van der Waals surface area (Å²) in [5.74, 6) is 0.533. The van der Waals surface area contributed by atoms with E-state index in [4.69, 9.17) is 64.6 Å². The molecular weight excluding hydrogens is 704 g/mol. The van der Waals surface area contributed by atoms with E-state index in [1.165, 1.54) is 6.33 Å². The fourth-order valence-electron chi connectivity index (χ4n) is 5.28. The number of hydrogen-bond donors (Lipinski definition) is 3. The van der Waals surface area contributed by atoms with Gasteiger partial charge in [0.15, 0.2) is 11.2 Å². The van der Waals surface area contributed by atoms with Gasteiger partial charge < -0.3 is 59.5 Å². The Hall–Kier alpha value is -3.85. The lowest BCUT2D eigenvalue weighted by Gasteiger charge is -2.08. The number of carbonyl (C=O) groups is 1. The number of aromatic nitrogens is 5. The number of hydrogen-bond acceptors (Lipinski definition) is 17. The first-order chi connectivity index (χ1) is 26.6. The third kappa shape index (κ3) is 15.9. The van der Waals surface area contributed by atoms with Gasteiger partial charge in [0, 0.05) is 31.5 Å².